The Bertz CT molecular complexity index is 1120. The van der Waals surface area contributed by atoms with E-state index in [1.54, 1.807) is 12.1 Å². The van der Waals surface area contributed by atoms with Gasteiger partial charge in [-0.15, -0.1) is 0 Å². The number of carboxylic acid groups (broad SMARTS) is 1. The molecule has 1 fully saturated rings. The number of fused-ring (bicyclic) bond motifs is 1. The minimum Gasteiger partial charge on any atom is -0.478 e. The molecule has 1 unspecified atom stereocenters. The predicted octanol–water partition coefficient (Wildman–Crippen LogP) is 1.24. The lowest BCUT2D eigenvalue weighted by Gasteiger charge is -2.33. The fraction of sp³-hybridized carbons (Fsp3) is 0.300. The highest BCUT2D eigenvalue weighted by Gasteiger charge is 2.32. The van der Waals surface area contributed by atoms with Crippen molar-refractivity contribution in [2.75, 3.05) is 23.7 Å². The standard InChI is InChI=1S/C20H20N4O5/c1-10-3-2-6-23(9-10)14-5-4-11(7-12(14)20(28)29)24-15(25)8-13-16(17(24)21)19(27)22-18(13)26/h4-5,7-8,10H,2-3,6,9,21H2,1H3,(H,28,29)(H,22,26,27). The fourth-order valence-electron chi connectivity index (χ4n) is 4.06. The minimum absolute atomic E-state index is 0.0453. The monoisotopic (exact) mass is 396 g/mol. The summed E-state index contributed by atoms with van der Waals surface area (Å²) < 4.78 is 1.05. The average Bonchev–Trinajstić information content (AvgIpc) is 2.95. The zero-order valence-electron chi connectivity index (χ0n) is 15.8. The Morgan fingerprint density at radius 2 is 1.97 bits per heavy atom. The lowest BCUT2D eigenvalue weighted by atomic mass is 9.98. The van der Waals surface area contributed by atoms with Crippen molar-refractivity contribution in [2.45, 2.75) is 19.8 Å². The van der Waals surface area contributed by atoms with Gasteiger partial charge in [-0.3, -0.25) is 24.3 Å². The van der Waals surface area contributed by atoms with Crippen LogP contribution < -0.4 is 21.5 Å². The number of carboxylic acids is 1. The number of aromatic carboxylic acids is 1. The number of carbonyl (C=O) groups excluding carboxylic acids is 2. The van der Waals surface area contributed by atoms with Crippen LogP contribution in [0.4, 0.5) is 11.5 Å². The van der Waals surface area contributed by atoms with Crippen LogP contribution in [0.5, 0.6) is 0 Å². The molecule has 1 aromatic carbocycles. The number of pyridine rings is 1. The molecule has 0 saturated carbocycles. The molecule has 1 atom stereocenters. The first-order chi connectivity index (χ1) is 13.8. The molecule has 0 radical (unpaired) electrons. The van der Waals surface area contributed by atoms with Crippen LogP contribution >= 0.6 is 0 Å². The molecule has 4 rings (SSSR count). The highest BCUT2D eigenvalue weighted by molar-refractivity contribution is 6.23. The van der Waals surface area contributed by atoms with E-state index in [0.29, 0.717) is 11.6 Å². The Kier molecular flexibility index (Phi) is 4.37. The average molecular weight is 396 g/mol. The number of benzene rings is 1. The number of anilines is 2. The van der Waals surface area contributed by atoms with Crippen LogP contribution in [0.1, 0.15) is 50.8 Å². The van der Waals surface area contributed by atoms with Gasteiger partial charge in [-0.25, -0.2) is 4.79 Å². The smallest absolute Gasteiger partial charge is 0.337 e. The first-order valence-electron chi connectivity index (χ1n) is 9.31. The van der Waals surface area contributed by atoms with Gasteiger partial charge in [-0.05, 0) is 37.0 Å². The van der Waals surface area contributed by atoms with Crippen LogP contribution in [0.3, 0.4) is 0 Å². The molecule has 4 N–H and O–H groups in total. The van der Waals surface area contributed by atoms with E-state index in [0.717, 1.165) is 36.6 Å². The van der Waals surface area contributed by atoms with Crippen LogP contribution in [0.25, 0.3) is 5.69 Å². The first kappa shape index (κ1) is 18.7. The van der Waals surface area contributed by atoms with Crippen LogP contribution in [0, 0.1) is 5.92 Å². The molecule has 150 valence electrons. The quantitative estimate of drug-likeness (QED) is 0.664. The number of aromatic nitrogens is 1. The molecule has 3 heterocycles. The summed E-state index contributed by atoms with van der Waals surface area (Å²) in [6.07, 6.45) is 2.07. The number of hydrogen-bond acceptors (Lipinski definition) is 6. The van der Waals surface area contributed by atoms with Crippen molar-refractivity contribution in [1.29, 1.82) is 0 Å². The summed E-state index contributed by atoms with van der Waals surface area (Å²) in [6, 6.07) is 5.66. The summed E-state index contributed by atoms with van der Waals surface area (Å²) >= 11 is 0. The topological polar surface area (TPSA) is 135 Å². The van der Waals surface area contributed by atoms with E-state index in [1.165, 1.54) is 6.07 Å². The Morgan fingerprint density at radius 3 is 2.66 bits per heavy atom. The number of nitrogens with two attached hydrogens (primary N) is 1. The summed E-state index contributed by atoms with van der Waals surface area (Å²) in [4.78, 5) is 50.4. The van der Waals surface area contributed by atoms with E-state index < -0.39 is 23.3 Å². The minimum atomic E-state index is -1.12. The number of amides is 2. The molecule has 9 nitrogen and oxygen atoms in total. The van der Waals surface area contributed by atoms with Gasteiger partial charge in [0.25, 0.3) is 17.4 Å². The van der Waals surface area contributed by atoms with Gasteiger partial charge < -0.3 is 15.7 Å². The summed E-state index contributed by atoms with van der Waals surface area (Å²) in [5.74, 6) is -2.24. The molecule has 2 aliphatic heterocycles. The highest BCUT2D eigenvalue weighted by atomic mass is 16.4. The third kappa shape index (κ3) is 3.04. The third-order valence-corrected chi connectivity index (χ3v) is 5.42. The lowest BCUT2D eigenvalue weighted by Crippen LogP contribution is -2.35. The molecular formula is C20H20N4O5. The second-order valence-corrected chi connectivity index (χ2v) is 7.48. The number of rotatable bonds is 3. The second-order valence-electron chi connectivity index (χ2n) is 7.48. The lowest BCUT2D eigenvalue weighted by molar-refractivity contribution is 0.0696. The summed E-state index contributed by atoms with van der Waals surface area (Å²) in [5, 5.41) is 11.9. The van der Waals surface area contributed by atoms with Gasteiger partial charge in [0, 0.05) is 19.2 Å². The third-order valence-electron chi connectivity index (χ3n) is 5.42. The van der Waals surface area contributed by atoms with Crippen molar-refractivity contribution in [2.24, 2.45) is 5.92 Å². The van der Waals surface area contributed by atoms with Gasteiger partial charge in [0.05, 0.1) is 28.1 Å². The Hall–Kier alpha value is -3.62. The van der Waals surface area contributed by atoms with Crippen molar-refractivity contribution < 1.29 is 19.5 Å². The van der Waals surface area contributed by atoms with E-state index in [-0.39, 0.29) is 28.2 Å². The van der Waals surface area contributed by atoms with E-state index >= 15 is 0 Å². The van der Waals surface area contributed by atoms with Crippen LogP contribution in [0.2, 0.25) is 0 Å². The molecule has 0 bridgehead atoms. The number of piperidine rings is 1. The van der Waals surface area contributed by atoms with E-state index in [9.17, 15) is 24.3 Å². The van der Waals surface area contributed by atoms with Gasteiger partial charge in [0.2, 0.25) is 0 Å². The molecular weight excluding hydrogens is 376 g/mol. The first-order valence-corrected chi connectivity index (χ1v) is 9.31. The maximum Gasteiger partial charge on any atom is 0.337 e. The van der Waals surface area contributed by atoms with Gasteiger partial charge in [0.15, 0.2) is 0 Å². The second kappa shape index (κ2) is 6.77. The number of nitrogens with zero attached hydrogens (tertiary/aromatic N) is 2. The van der Waals surface area contributed by atoms with Crippen LogP contribution in [-0.4, -0.2) is 40.5 Å². The summed E-state index contributed by atoms with van der Waals surface area (Å²) in [6.45, 7) is 3.63. The largest absolute Gasteiger partial charge is 0.478 e. The highest BCUT2D eigenvalue weighted by Crippen LogP contribution is 2.30. The van der Waals surface area contributed by atoms with E-state index in [2.05, 4.69) is 12.2 Å². The fourth-order valence-corrected chi connectivity index (χ4v) is 4.06. The zero-order chi connectivity index (χ0) is 20.9. The molecule has 29 heavy (non-hydrogen) atoms. The van der Waals surface area contributed by atoms with Crippen LogP contribution in [0.15, 0.2) is 29.1 Å². The molecule has 1 saturated heterocycles. The number of hydrogen-bond donors (Lipinski definition) is 3. The van der Waals surface area contributed by atoms with E-state index in [4.69, 9.17) is 5.73 Å². The van der Waals surface area contributed by atoms with Crippen molar-refractivity contribution in [1.82, 2.24) is 9.88 Å². The Labute approximate surface area is 165 Å². The van der Waals surface area contributed by atoms with Gasteiger partial charge in [-0.2, -0.15) is 0 Å². The maximum absolute atomic E-state index is 12.6. The maximum atomic E-state index is 12.6. The molecule has 2 amide bonds. The van der Waals surface area contributed by atoms with Crippen molar-refractivity contribution in [3.63, 3.8) is 0 Å². The summed E-state index contributed by atoms with van der Waals surface area (Å²) in [5.41, 5.74) is 6.09. The zero-order valence-corrected chi connectivity index (χ0v) is 15.8. The van der Waals surface area contributed by atoms with Gasteiger partial charge in [0.1, 0.15) is 5.82 Å². The van der Waals surface area contributed by atoms with Crippen molar-refractivity contribution in [3.8, 4) is 5.69 Å². The molecule has 2 aliphatic rings. The molecule has 1 aromatic heterocycles. The Balaban J connectivity index is 1.85. The molecule has 0 aliphatic carbocycles. The number of nitrogens with one attached hydrogen (secondary N) is 1. The molecule has 2 aromatic rings. The molecule has 9 heteroatoms. The van der Waals surface area contributed by atoms with Gasteiger partial charge >= 0.3 is 5.97 Å². The normalized spacial score (nSPS) is 18.5. The summed E-state index contributed by atoms with van der Waals surface area (Å²) in [7, 11) is 0. The number of imide groups is 1. The van der Waals surface area contributed by atoms with Crippen LogP contribution in [-0.2, 0) is 0 Å². The predicted molar refractivity (Wildman–Crippen MR) is 106 cm³/mol. The SMILES string of the molecule is CC1CCCN(c2ccc(-n3c(N)c4c(cc3=O)C(=O)NC4=O)cc2C(=O)O)C1. The Morgan fingerprint density at radius 1 is 1.21 bits per heavy atom. The van der Waals surface area contributed by atoms with E-state index in [1.807, 2.05) is 4.90 Å². The molecule has 0 spiro atoms. The van der Waals surface area contributed by atoms with Crippen molar-refractivity contribution in [3.05, 3.63) is 51.3 Å². The number of nitrogen functional groups attached to an aromatic ring is 1. The van der Waals surface area contributed by atoms with Crippen molar-refractivity contribution >= 4 is 29.3 Å². The van der Waals surface area contributed by atoms with Gasteiger partial charge in [-0.1, -0.05) is 6.92 Å². The number of carbonyl (C=O) groups is 3.